The molecule has 0 radical (unpaired) electrons. The Kier molecular flexibility index (Phi) is 4.49. The maximum atomic E-state index is 13.5. The number of thioether (sulfide) groups is 1. The van der Waals surface area contributed by atoms with Gasteiger partial charge in [0, 0.05) is 18.4 Å². The first-order valence-corrected chi connectivity index (χ1v) is 8.42. The molecule has 21 heavy (non-hydrogen) atoms. The van der Waals surface area contributed by atoms with Crippen LogP contribution in [0.2, 0.25) is 0 Å². The standard InChI is InChI=1S/C15H20F2N2OS/c16-12-2-1-10(7-13(12)17)14(19-18)11-3-5-20-15(8-11)4-6-21-9-15/h1-2,7,11,14,19H,3-6,8-9,18H2. The third-order valence-electron chi connectivity index (χ3n) is 4.55. The van der Waals surface area contributed by atoms with E-state index >= 15 is 0 Å². The van der Waals surface area contributed by atoms with Crippen LogP contribution in [0.4, 0.5) is 8.78 Å². The summed E-state index contributed by atoms with van der Waals surface area (Å²) in [7, 11) is 0. The van der Waals surface area contributed by atoms with Crippen molar-refractivity contribution < 1.29 is 13.5 Å². The fourth-order valence-corrected chi connectivity index (χ4v) is 4.80. The summed E-state index contributed by atoms with van der Waals surface area (Å²) in [5.41, 5.74) is 3.43. The third-order valence-corrected chi connectivity index (χ3v) is 5.77. The van der Waals surface area contributed by atoms with Crippen molar-refractivity contribution >= 4 is 11.8 Å². The van der Waals surface area contributed by atoms with Gasteiger partial charge in [0.15, 0.2) is 11.6 Å². The Labute approximate surface area is 127 Å². The van der Waals surface area contributed by atoms with E-state index in [0.717, 1.165) is 36.8 Å². The molecule has 1 aromatic rings. The molecule has 2 aliphatic rings. The molecule has 3 N–H and O–H groups in total. The van der Waals surface area contributed by atoms with Crippen LogP contribution >= 0.6 is 11.8 Å². The molecule has 1 spiro atoms. The van der Waals surface area contributed by atoms with Crippen LogP contribution in [0.15, 0.2) is 18.2 Å². The predicted octanol–water partition coefficient (Wildman–Crippen LogP) is 2.77. The van der Waals surface area contributed by atoms with Crippen molar-refractivity contribution in [3.05, 3.63) is 35.4 Å². The normalized spacial score (nSPS) is 30.7. The lowest BCUT2D eigenvalue weighted by Crippen LogP contribution is -2.45. The van der Waals surface area contributed by atoms with E-state index in [2.05, 4.69) is 5.43 Å². The number of nitrogens with one attached hydrogen (secondary N) is 1. The highest BCUT2D eigenvalue weighted by atomic mass is 32.2. The Morgan fingerprint density at radius 2 is 2.24 bits per heavy atom. The lowest BCUT2D eigenvalue weighted by atomic mass is 9.79. The second-order valence-corrected chi connectivity index (χ2v) is 7.01. The number of benzene rings is 1. The van der Waals surface area contributed by atoms with Gasteiger partial charge in [-0.05, 0) is 48.6 Å². The minimum Gasteiger partial charge on any atom is -0.374 e. The first-order chi connectivity index (χ1) is 10.1. The van der Waals surface area contributed by atoms with Crippen molar-refractivity contribution in [1.82, 2.24) is 5.43 Å². The molecule has 0 bridgehead atoms. The van der Waals surface area contributed by atoms with E-state index in [-0.39, 0.29) is 17.6 Å². The predicted molar refractivity (Wildman–Crippen MR) is 79.8 cm³/mol. The van der Waals surface area contributed by atoms with Gasteiger partial charge in [-0.25, -0.2) is 8.78 Å². The molecule has 3 rings (SSSR count). The van der Waals surface area contributed by atoms with Gasteiger partial charge in [-0.3, -0.25) is 11.3 Å². The van der Waals surface area contributed by atoms with Crippen LogP contribution in [0.25, 0.3) is 0 Å². The fourth-order valence-electron chi connectivity index (χ4n) is 3.42. The SMILES string of the molecule is NNC(c1ccc(F)c(F)c1)C1CCOC2(CCSC2)C1. The average Bonchev–Trinajstić information content (AvgIpc) is 2.91. The molecule has 0 amide bonds. The van der Waals surface area contributed by atoms with Crippen LogP contribution in [0.1, 0.15) is 30.9 Å². The zero-order chi connectivity index (χ0) is 14.9. The highest BCUT2D eigenvalue weighted by molar-refractivity contribution is 7.99. The summed E-state index contributed by atoms with van der Waals surface area (Å²) >= 11 is 1.91. The molecule has 2 heterocycles. The molecule has 0 aliphatic carbocycles. The minimum absolute atomic E-state index is 0.0543. The number of nitrogens with two attached hydrogens (primary N) is 1. The van der Waals surface area contributed by atoms with Crippen LogP contribution in [0.3, 0.4) is 0 Å². The molecule has 2 aliphatic heterocycles. The van der Waals surface area contributed by atoms with Gasteiger partial charge in [-0.2, -0.15) is 11.8 Å². The summed E-state index contributed by atoms with van der Waals surface area (Å²) in [5.74, 6) is 6.45. The molecule has 3 atom stereocenters. The average molecular weight is 314 g/mol. The molecular weight excluding hydrogens is 294 g/mol. The van der Waals surface area contributed by atoms with E-state index < -0.39 is 11.6 Å². The maximum absolute atomic E-state index is 13.5. The molecule has 3 nitrogen and oxygen atoms in total. The van der Waals surface area contributed by atoms with E-state index in [1.807, 2.05) is 11.8 Å². The van der Waals surface area contributed by atoms with Crippen molar-refractivity contribution in [3.63, 3.8) is 0 Å². The first kappa shape index (κ1) is 15.2. The van der Waals surface area contributed by atoms with E-state index in [0.29, 0.717) is 12.2 Å². The van der Waals surface area contributed by atoms with Crippen molar-refractivity contribution in [3.8, 4) is 0 Å². The van der Waals surface area contributed by atoms with Gasteiger partial charge in [0.2, 0.25) is 0 Å². The zero-order valence-electron chi connectivity index (χ0n) is 11.8. The Morgan fingerprint density at radius 1 is 1.38 bits per heavy atom. The van der Waals surface area contributed by atoms with Crippen LogP contribution in [-0.2, 0) is 4.74 Å². The van der Waals surface area contributed by atoms with Gasteiger partial charge >= 0.3 is 0 Å². The largest absolute Gasteiger partial charge is 0.374 e. The fraction of sp³-hybridized carbons (Fsp3) is 0.600. The Hall–Kier alpha value is -0.690. The lowest BCUT2D eigenvalue weighted by Gasteiger charge is -2.40. The monoisotopic (exact) mass is 314 g/mol. The molecule has 2 saturated heterocycles. The molecule has 0 saturated carbocycles. The number of ether oxygens (including phenoxy) is 1. The van der Waals surface area contributed by atoms with Crippen molar-refractivity contribution in [1.29, 1.82) is 0 Å². The van der Waals surface area contributed by atoms with Gasteiger partial charge in [0.1, 0.15) is 0 Å². The Morgan fingerprint density at radius 3 is 2.90 bits per heavy atom. The van der Waals surface area contributed by atoms with Crippen molar-refractivity contribution in [2.45, 2.75) is 30.9 Å². The molecule has 1 aromatic carbocycles. The van der Waals surface area contributed by atoms with Gasteiger partial charge in [0.25, 0.3) is 0 Å². The van der Waals surface area contributed by atoms with E-state index in [4.69, 9.17) is 10.6 Å². The number of hydrazine groups is 1. The summed E-state index contributed by atoms with van der Waals surface area (Å²) in [5, 5.41) is 0. The third kappa shape index (κ3) is 3.08. The molecule has 6 heteroatoms. The van der Waals surface area contributed by atoms with Crippen LogP contribution in [0, 0.1) is 17.6 Å². The quantitative estimate of drug-likeness (QED) is 0.665. The van der Waals surface area contributed by atoms with E-state index in [1.165, 1.54) is 6.07 Å². The minimum atomic E-state index is -0.829. The van der Waals surface area contributed by atoms with Gasteiger partial charge in [0.05, 0.1) is 5.60 Å². The van der Waals surface area contributed by atoms with E-state index in [1.54, 1.807) is 6.07 Å². The van der Waals surface area contributed by atoms with Crippen molar-refractivity contribution in [2.24, 2.45) is 11.8 Å². The number of halogens is 2. The number of rotatable bonds is 3. The molecule has 116 valence electrons. The lowest BCUT2D eigenvalue weighted by molar-refractivity contribution is -0.0854. The summed E-state index contributed by atoms with van der Waals surface area (Å²) in [6, 6.07) is 3.83. The van der Waals surface area contributed by atoms with Crippen LogP contribution < -0.4 is 11.3 Å². The van der Waals surface area contributed by atoms with Gasteiger partial charge < -0.3 is 4.74 Å². The smallest absolute Gasteiger partial charge is 0.159 e. The Bertz CT molecular complexity index is 508. The molecule has 3 unspecified atom stereocenters. The van der Waals surface area contributed by atoms with Gasteiger partial charge in [-0.1, -0.05) is 6.07 Å². The maximum Gasteiger partial charge on any atom is 0.159 e. The zero-order valence-corrected chi connectivity index (χ0v) is 12.6. The van der Waals surface area contributed by atoms with E-state index in [9.17, 15) is 8.78 Å². The van der Waals surface area contributed by atoms with Gasteiger partial charge in [-0.15, -0.1) is 0 Å². The molecular formula is C15H20F2N2OS. The topological polar surface area (TPSA) is 47.3 Å². The summed E-state index contributed by atoms with van der Waals surface area (Å²) in [4.78, 5) is 0. The summed E-state index contributed by atoms with van der Waals surface area (Å²) in [6.07, 6.45) is 2.84. The highest BCUT2D eigenvalue weighted by Crippen LogP contribution is 2.43. The Balaban J connectivity index is 1.80. The molecule has 0 aromatic heterocycles. The summed E-state index contributed by atoms with van der Waals surface area (Å²) in [6.45, 7) is 0.701. The molecule has 2 fully saturated rings. The number of hydrogen-bond acceptors (Lipinski definition) is 4. The second-order valence-electron chi connectivity index (χ2n) is 5.90. The highest BCUT2D eigenvalue weighted by Gasteiger charge is 2.42. The van der Waals surface area contributed by atoms with Crippen LogP contribution in [0.5, 0.6) is 0 Å². The van der Waals surface area contributed by atoms with Crippen LogP contribution in [-0.4, -0.2) is 23.7 Å². The summed E-state index contributed by atoms with van der Waals surface area (Å²) < 4.78 is 32.6. The first-order valence-electron chi connectivity index (χ1n) is 7.26. The second kappa shape index (κ2) is 6.20. The van der Waals surface area contributed by atoms with Crippen molar-refractivity contribution in [2.75, 3.05) is 18.1 Å². The number of hydrogen-bond donors (Lipinski definition) is 2.